The SMILES string of the molecule is CCCN(CCCC(C)C)c1ccccc1N. The number of anilines is 2. The highest BCUT2D eigenvalue weighted by Gasteiger charge is 2.08. The van der Waals surface area contributed by atoms with Crippen molar-refractivity contribution in [3.8, 4) is 0 Å². The van der Waals surface area contributed by atoms with Gasteiger partial charge in [0.1, 0.15) is 0 Å². The topological polar surface area (TPSA) is 29.3 Å². The Morgan fingerprint density at radius 3 is 2.47 bits per heavy atom. The van der Waals surface area contributed by atoms with Gasteiger partial charge in [-0.2, -0.15) is 0 Å². The van der Waals surface area contributed by atoms with Gasteiger partial charge in [-0.3, -0.25) is 0 Å². The number of nitrogens with zero attached hydrogens (tertiary/aromatic N) is 1. The van der Waals surface area contributed by atoms with Gasteiger partial charge in [-0.25, -0.2) is 0 Å². The Labute approximate surface area is 106 Å². The number of para-hydroxylation sites is 2. The largest absolute Gasteiger partial charge is 0.397 e. The third kappa shape index (κ3) is 4.68. The van der Waals surface area contributed by atoms with E-state index in [4.69, 9.17) is 5.73 Å². The Morgan fingerprint density at radius 2 is 1.88 bits per heavy atom. The minimum absolute atomic E-state index is 0.784. The fourth-order valence-corrected chi connectivity index (χ4v) is 2.09. The summed E-state index contributed by atoms with van der Waals surface area (Å²) in [7, 11) is 0. The highest BCUT2D eigenvalue weighted by molar-refractivity contribution is 5.67. The quantitative estimate of drug-likeness (QED) is 0.724. The van der Waals surface area contributed by atoms with Gasteiger partial charge in [0.2, 0.25) is 0 Å². The van der Waals surface area contributed by atoms with Crippen molar-refractivity contribution in [1.82, 2.24) is 0 Å². The van der Waals surface area contributed by atoms with Gasteiger partial charge in [0.15, 0.2) is 0 Å². The van der Waals surface area contributed by atoms with Crippen LogP contribution in [0.15, 0.2) is 24.3 Å². The van der Waals surface area contributed by atoms with E-state index in [1.165, 1.54) is 18.5 Å². The third-order valence-corrected chi connectivity index (χ3v) is 2.98. The first kappa shape index (κ1) is 13.9. The molecule has 0 atom stereocenters. The molecular weight excluding hydrogens is 208 g/mol. The molecule has 0 aromatic heterocycles. The van der Waals surface area contributed by atoms with E-state index in [0.717, 1.165) is 31.1 Å². The van der Waals surface area contributed by atoms with Crippen LogP contribution in [0.1, 0.15) is 40.0 Å². The summed E-state index contributed by atoms with van der Waals surface area (Å²) < 4.78 is 0. The summed E-state index contributed by atoms with van der Waals surface area (Å²) in [5.74, 6) is 0.784. The average molecular weight is 234 g/mol. The number of nitrogen functional groups attached to an aromatic ring is 1. The molecule has 2 N–H and O–H groups in total. The first-order chi connectivity index (χ1) is 8.15. The van der Waals surface area contributed by atoms with Crippen molar-refractivity contribution in [2.24, 2.45) is 5.92 Å². The van der Waals surface area contributed by atoms with E-state index in [1.807, 2.05) is 12.1 Å². The number of rotatable bonds is 7. The van der Waals surface area contributed by atoms with E-state index in [1.54, 1.807) is 0 Å². The van der Waals surface area contributed by atoms with Crippen molar-refractivity contribution in [3.63, 3.8) is 0 Å². The molecule has 0 heterocycles. The van der Waals surface area contributed by atoms with Gasteiger partial charge >= 0.3 is 0 Å². The molecule has 0 aliphatic carbocycles. The molecule has 2 nitrogen and oxygen atoms in total. The molecule has 1 rings (SSSR count). The molecule has 96 valence electrons. The molecule has 0 radical (unpaired) electrons. The number of nitrogens with two attached hydrogens (primary N) is 1. The molecule has 0 saturated carbocycles. The van der Waals surface area contributed by atoms with Gasteiger partial charge in [0, 0.05) is 13.1 Å². The van der Waals surface area contributed by atoms with Crippen LogP contribution in [0.3, 0.4) is 0 Å². The van der Waals surface area contributed by atoms with E-state index in [2.05, 4.69) is 37.8 Å². The van der Waals surface area contributed by atoms with Crippen LogP contribution in [0.5, 0.6) is 0 Å². The highest BCUT2D eigenvalue weighted by Crippen LogP contribution is 2.23. The lowest BCUT2D eigenvalue weighted by Crippen LogP contribution is -2.26. The van der Waals surface area contributed by atoms with Crippen LogP contribution in [0.2, 0.25) is 0 Å². The van der Waals surface area contributed by atoms with Crippen LogP contribution < -0.4 is 10.6 Å². The summed E-state index contributed by atoms with van der Waals surface area (Å²) in [4.78, 5) is 2.41. The Morgan fingerprint density at radius 1 is 1.18 bits per heavy atom. The standard InChI is InChI=1S/C15H26N2/c1-4-11-17(12-7-8-13(2)3)15-10-6-5-9-14(15)16/h5-6,9-10,13H,4,7-8,11-12,16H2,1-3H3. The smallest absolute Gasteiger partial charge is 0.0599 e. The Kier molecular flexibility index (Phi) is 5.88. The molecule has 0 unspecified atom stereocenters. The van der Waals surface area contributed by atoms with Crippen LogP contribution >= 0.6 is 0 Å². The van der Waals surface area contributed by atoms with Gasteiger partial charge < -0.3 is 10.6 Å². The van der Waals surface area contributed by atoms with Crippen molar-refractivity contribution in [2.45, 2.75) is 40.0 Å². The maximum Gasteiger partial charge on any atom is 0.0599 e. The van der Waals surface area contributed by atoms with Gasteiger partial charge in [0.25, 0.3) is 0 Å². The molecule has 0 aliphatic heterocycles. The second-order valence-corrected chi connectivity index (χ2v) is 5.08. The minimum Gasteiger partial charge on any atom is -0.397 e. The Bertz CT molecular complexity index is 320. The van der Waals surface area contributed by atoms with E-state index in [-0.39, 0.29) is 0 Å². The first-order valence-corrected chi connectivity index (χ1v) is 6.74. The Balaban J connectivity index is 2.62. The molecule has 2 heteroatoms. The maximum absolute atomic E-state index is 6.04. The average Bonchev–Trinajstić information content (AvgIpc) is 2.28. The normalized spacial score (nSPS) is 10.8. The van der Waals surface area contributed by atoms with Crippen molar-refractivity contribution in [1.29, 1.82) is 0 Å². The lowest BCUT2D eigenvalue weighted by Gasteiger charge is -2.26. The molecule has 1 aromatic carbocycles. The molecule has 0 amide bonds. The summed E-state index contributed by atoms with van der Waals surface area (Å²) in [5, 5.41) is 0. The minimum atomic E-state index is 0.784. The summed E-state index contributed by atoms with van der Waals surface area (Å²) in [6, 6.07) is 8.18. The van der Waals surface area contributed by atoms with Gasteiger partial charge in [-0.05, 0) is 37.3 Å². The molecule has 0 fully saturated rings. The van der Waals surface area contributed by atoms with E-state index in [0.29, 0.717) is 0 Å². The number of benzene rings is 1. The van der Waals surface area contributed by atoms with E-state index < -0.39 is 0 Å². The summed E-state index contributed by atoms with van der Waals surface area (Å²) >= 11 is 0. The zero-order valence-corrected chi connectivity index (χ0v) is 11.4. The summed E-state index contributed by atoms with van der Waals surface area (Å²) in [6.45, 7) is 8.98. The zero-order chi connectivity index (χ0) is 12.7. The fourth-order valence-electron chi connectivity index (χ4n) is 2.09. The van der Waals surface area contributed by atoms with Crippen LogP contribution in [0.4, 0.5) is 11.4 Å². The van der Waals surface area contributed by atoms with Crippen molar-refractivity contribution < 1.29 is 0 Å². The predicted octanol–water partition coefficient (Wildman–Crippen LogP) is 3.92. The fraction of sp³-hybridized carbons (Fsp3) is 0.600. The first-order valence-electron chi connectivity index (χ1n) is 6.74. The summed E-state index contributed by atoms with van der Waals surface area (Å²) in [5.41, 5.74) is 8.13. The van der Waals surface area contributed by atoms with Crippen molar-refractivity contribution in [3.05, 3.63) is 24.3 Å². The zero-order valence-electron chi connectivity index (χ0n) is 11.4. The van der Waals surface area contributed by atoms with Gasteiger partial charge in [-0.1, -0.05) is 32.9 Å². The van der Waals surface area contributed by atoms with Crippen LogP contribution in [-0.2, 0) is 0 Å². The van der Waals surface area contributed by atoms with Crippen molar-refractivity contribution >= 4 is 11.4 Å². The molecule has 1 aromatic rings. The molecular formula is C15H26N2. The monoisotopic (exact) mass is 234 g/mol. The second kappa shape index (κ2) is 7.21. The summed E-state index contributed by atoms with van der Waals surface area (Å²) in [6.07, 6.45) is 3.69. The Hall–Kier alpha value is -1.18. The molecule has 0 saturated heterocycles. The van der Waals surface area contributed by atoms with Crippen LogP contribution in [0.25, 0.3) is 0 Å². The van der Waals surface area contributed by atoms with E-state index in [9.17, 15) is 0 Å². The van der Waals surface area contributed by atoms with Gasteiger partial charge in [-0.15, -0.1) is 0 Å². The number of hydrogen-bond acceptors (Lipinski definition) is 2. The lowest BCUT2D eigenvalue weighted by atomic mass is 10.1. The molecule has 0 bridgehead atoms. The van der Waals surface area contributed by atoms with E-state index >= 15 is 0 Å². The molecule has 0 aliphatic rings. The lowest BCUT2D eigenvalue weighted by molar-refractivity contribution is 0.548. The molecule has 0 spiro atoms. The van der Waals surface area contributed by atoms with Crippen LogP contribution in [-0.4, -0.2) is 13.1 Å². The predicted molar refractivity (Wildman–Crippen MR) is 77.4 cm³/mol. The maximum atomic E-state index is 6.04. The highest BCUT2D eigenvalue weighted by atomic mass is 15.1. The number of hydrogen-bond donors (Lipinski definition) is 1. The van der Waals surface area contributed by atoms with Gasteiger partial charge in [0.05, 0.1) is 11.4 Å². The second-order valence-electron chi connectivity index (χ2n) is 5.08. The van der Waals surface area contributed by atoms with Crippen molar-refractivity contribution in [2.75, 3.05) is 23.7 Å². The molecule has 17 heavy (non-hydrogen) atoms. The van der Waals surface area contributed by atoms with Crippen LogP contribution in [0, 0.1) is 5.92 Å². The third-order valence-electron chi connectivity index (χ3n) is 2.98.